The molecule has 1 aromatic rings. The molecule has 1 saturated heterocycles. The molecule has 1 aliphatic rings. The first-order valence-electron chi connectivity index (χ1n) is 6.75. The van der Waals surface area contributed by atoms with Crippen LogP contribution in [0, 0.1) is 5.92 Å². The molecule has 3 heteroatoms. The molecule has 0 bridgehead atoms. The number of rotatable bonds is 3. The van der Waals surface area contributed by atoms with E-state index in [-0.39, 0.29) is 0 Å². The van der Waals surface area contributed by atoms with E-state index in [1.165, 1.54) is 0 Å². The van der Waals surface area contributed by atoms with Gasteiger partial charge in [0.15, 0.2) is 0 Å². The van der Waals surface area contributed by atoms with Crippen LogP contribution >= 0.6 is 0 Å². The predicted octanol–water partition coefficient (Wildman–Crippen LogP) is 1.56. The molecule has 3 N–H and O–H groups in total. The first-order chi connectivity index (χ1) is 8.49. The summed E-state index contributed by atoms with van der Waals surface area (Å²) in [6.07, 6.45) is 1.02. The largest absolute Gasteiger partial charge is 0.384 e. The van der Waals surface area contributed by atoms with E-state index in [9.17, 15) is 5.11 Å². The second kappa shape index (κ2) is 5.39. The lowest BCUT2D eigenvalue weighted by molar-refractivity contribution is 0.00204. The van der Waals surface area contributed by atoms with E-state index in [0.29, 0.717) is 18.5 Å². The van der Waals surface area contributed by atoms with E-state index in [4.69, 9.17) is 5.73 Å². The van der Waals surface area contributed by atoms with Crippen molar-refractivity contribution in [1.29, 1.82) is 0 Å². The first kappa shape index (κ1) is 13.5. The van der Waals surface area contributed by atoms with Crippen LogP contribution in [-0.4, -0.2) is 35.7 Å². The molecule has 1 fully saturated rings. The van der Waals surface area contributed by atoms with E-state index in [1.54, 1.807) is 0 Å². The molecular weight excluding hydrogens is 224 g/mol. The molecule has 0 aromatic heterocycles. The number of aliphatic hydroxyl groups is 1. The molecule has 0 saturated carbocycles. The Morgan fingerprint density at radius 3 is 2.67 bits per heavy atom. The third kappa shape index (κ3) is 3.10. The third-order valence-electron chi connectivity index (χ3n) is 3.98. The van der Waals surface area contributed by atoms with Crippen molar-refractivity contribution in [1.82, 2.24) is 4.90 Å². The molecule has 3 atom stereocenters. The number of β-amino-alcohol motifs (C(OH)–C–C–N with tert-alkyl or cyclic N) is 1. The van der Waals surface area contributed by atoms with E-state index < -0.39 is 5.60 Å². The van der Waals surface area contributed by atoms with Crippen molar-refractivity contribution in [3.05, 3.63) is 35.9 Å². The highest BCUT2D eigenvalue weighted by Gasteiger charge is 2.30. The maximum atomic E-state index is 10.6. The Bertz CT molecular complexity index is 377. The van der Waals surface area contributed by atoms with Crippen molar-refractivity contribution in [2.45, 2.75) is 31.9 Å². The van der Waals surface area contributed by atoms with Gasteiger partial charge in [-0.1, -0.05) is 37.3 Å². The summed E-state index contributed by atoms with van der Waals surface area (Å²) in [5.41, 5.74) is 6.22. The van der Waals surface area contributed by atoms with Crippen LogP contribution in [0.3, 0.4) is 0 Å². The molecular formula is C15H24N2O. The Kier molecular flexibility index (Phi) is 4.05. The van der Waals surface area contributed by atoms with Crippen LogP contribution in [-0.2, 0) is 5.60 Å². The van der Waals surface area contributed by atoms with Crippen molar-refractivity contribution in [2.24, 2.45) is 11.7 Å². The highest BCUT2D eigenvalue weighted by atomic mass is 16.3. The quantitative estimate of drug-likeness (QED) is 0.853. The molecule has 2 rings (SSSR count). The molecule has 18 heavy (non-hydrogen) atoms. The minimum atomic E-state index is -0.789. The molecule has 1 heterocycles. The summed E-state index contributed by atoms with van der Waals surface area (Å²) in [5, 5.41) is 10.6. The summed E-state index contributed by atoms with van der Waals surface area (Å²) in [6, 6.07) is 10.2. The zero-order valence-electron chi connectivity index (χ0n) is 11.3. The van der Waals surface area contributed by atoms with Gasteiger partial charge in [0.25, 0.3) is 0 Å². The lowest BCUT2D eigenvalue weighted by Gasteiger charge is -2.39. The Labute approximate surface area is 110 Å². The smallest absolute Gasteiger partial charge is 0.0994 e. The number of benzene rings is 1. The van der Waals surface area contributed by atoms with Crippen LogP contribution in [0.25, 0.3) is 0 Å². The van der Waals surface area contributed by atoms with Gasteiger partial charge in [0.2, 0.25) is 0 Å². The maximum absolute atomic E-state index is 10.6. The number of nitrogens with zero attached hydrogens (tertiary/aromatic N) is 1. The second-order valence-corrected chi connectivity index (χ2v) is 5.80. The van der Waals surface area contributed by atoms with Crippen LogP contribution in [0.2, 0.25) is 0 Å². The topological polar surface area (TPSA) is 49.5 Å². The van der Waals surface area contributed by atoms with E-state index in [2.05, 4.69) is 11.8 Å². The van der Waals surface area contributed by atoms with Gasteiger partial charge in [-0.05, 0) is 31.4 Å². The van der Waals surface area contributed by atoms with Gasteiger partial charge in [0.05, 0.1) is 5.60 Å². The van der Waals surface area contributed by atoms with Crippen LogP contribution < -0.4 is 5.73 Å². The Balaban J connectivity index is 2.00. The first-order valence-corrected chi connectivity index (χ1v) is 6.75. The summed E-state index contributed by atoms with van der Waals surface area (Å²) >= 11 is 0. The van der Waals surface area contributed by atoms with Crippen molar-refractivity contribution >= 4 is 0 Å². The number of hydrogen-bond acceptors (Lipinski definition) is 3. The fourth-order valence-corrected chi connectivity index (χ4v) is 2.72. The number of likely N-dealkylation sites (tertiary alicyclic amines) is 1. The summed E-state index contributed by atoms with van der Waals surface area (Å²) in [7, 11) is 0. The van der Waals surface area contributed by atoms with Crippen molar-refractivity contribution < 1.29 is 5.11 Å². The molecule has 1 aromatic carbocycles. The molecule has 0 spiro atoms. The van der Waals surface area contributed by atoms with Crippen molar-refractivity contribution in [3.63, 3.8) is 0 Å². The van der Waals surface area contributed by atoms with Gasteiger partial charge >= 0.3 is 0 Å². The van der Waals surface area contributed by atoms with E-state index in [1.807, 2.05) is 37.3 Å². The number of nitrogens with two attached hydrogens (primary N) is 1. The monoisotopic (exact) mass is 248 g/mol. The van der Waals surface area contributed by atoms with Gasteiger partial charge in [-0.25, -0.2) is 0 Å². The molecule has 0 aliphatic carbocycles. The standard InChI is InChI=1S/C15H24N2O/c1-12-10-17(9-8-14(12)16)11-15(2,18)13-6-4-3-5-7-13/h3-7,12,14,18H,8-11,16H2,1-2H3. The molecule has 1 aliphatic heterocycles. The van der Waals surface area contributed by atoms with E-state index in [0.717, 1.165) is 25.1 Å². The fourth-order valence-electron chi connectivity index (χ4n) is 2.72. The third-order valence-corrected chi connectivity index (χ3v) is 3.98. The number of hydrogen-bond donors (Lipinski definition) is 2. The Hall–Kier alpha value is -0.900. The van der Waals surface area contributed by atoms with Gasteiger partial charge in [0.1, 0.15) is 0 Å². The molecule has 100 valence electrons. The highest BCUT2D eigenvalue weighted by molar-refractivity contribution is 5.21. The molecule has 3 nitrogen and oxygen atoms in total. The minimum absolute atomic E-state index is 0.308. The molecule has 3 unspecified atom stereocenters. The van der Waals surface area contributed by atoms with Crippen LogP contribution in [0.5, 0.6) is 0 Å². The fraction of sp³-hybridized carbons (Fsp3) is 0.600. The SMILES string of the molecule is CC1CN(CC(C)(O)c2ccccc2)CCC1N. The molecule has 0 radical (unpaired) electrons. The predicted molar refractivity (Wildman–Crippen MR) is 74.2 cm³/mol. The van der Waals surface area contributed by atoms with Crippen LogP contribution in [0.1, 0.15) is 25.8 Å². The molecule has 0 amide bonds. The Morgan fingerprint density at radius 1 is 1.39 bits per heavy atom. The summed E-state index contributed by atoms with van der Waals surface area (Å²) in [4.78, 5) is 2.32. The average Bonchev–Trinajstić information content (AvgIpc) is 2.35. The second-order valence-electron chi connectivity index (χ2n) is 5.80. The summed E-state index contributed by atoms with van der Waals surface area (Å²) in [5.74, 6) is 0.505. The van der Waals surface area contributed by atoms with E-state index >= 15 is 0 Å². The van der Waals surface area contributed by atoms with Gasteiger partial charge in [-0.2, -0.15) is 0 Å². The van der Waals surface area contributed by atoms with Crippen molar-refractivity contribution in [2.75, 3.05) is 19.6 Å². The number of piperidine rings is 1. The zero-order valence-corrected chi connectivity index (χ0v) is 11.3. The zero-order chi connectivity index (χ0) is 13.2. The normalized spacial score (nSPS) is 28.9. The van der Waals surface area contributed by atoms with Gasteiger partial charge in [-0.3, -0.25) is 4.90 Å². The van der Waals surface area contributed by atoms with Gasteiger partial charge < -0.3 is 10.8 Å². The summed E-state index contributed by atoms with van der Waals surface area (Å²) < 4.78 is 0. The van der Waals surface area contributed by atoms with Gasteiger partial charge in [0, 0.05) is 19.1 Å². The lowest BCUT2D eigenvalue weighted by atomic mass is 9.91. The lowest BCUT2D eigenvalue weighted by Crippen LogP contribution is -2.49. The van der Waals surface area contributed by atoms with Gasteiger partial charge in [-0.15, -0.1) is 0 Å². The highest BCUT2D eigenvalue weighted by Crippen LogP contribution is 2.24. The Morgan fingerprint density at radius 2 is 2.06 bits per heavy atom. The average molecular weight is 248 g/mol. The van der Waals surface area contributed by atoms with Crippen molar-refractivity contribution in [3.8, 4) is 0 Å². The maximum Gasteiger partial charge on any atom is 0.0994 e. The minimum Gasteiger partial charge on any atom is -0.384 e. The van der Waals surface area contributed by atoms with Crippen LogP contribution in [0.4, 0.5) is 0 Å². The van der Waals surface area contributed by atoms with Crippen LogP contribution in [0.15, 0.2) is 30.3 Å². The summed E-state index contributed by atoms with van der Waals surface area (Å²) in [6.45, 7) is 6.71.